The van der Waals surface area contributed by atoms with Crippen molar-refractivity contribution in [2.75, 3.05) is 29.9 Å². The summed E-state index contributed by atoms with van der Waals surface area (Å²) in [6.07, 6.45) is 2.13. The Hall–Kier alpha value is -3.28. The quantitative estimate of drug-likeness (QED) is 0.597. The molecule has 4 rings (SSSR count). The molecule has 1 aliphatic heterocycles. The SMILES string of the molecule is Cc1cn2cc(NC(=O)c3cnc(N4CC[C@@H](NCC(F)(F)F)C4)cn3)cc(F)c2n1. The molecule has 3 aromatic heterocycles. The number of rotatable bonds is 5. The van der Waals surface area contributed by atoms with Gasteiger partial charge in [-0.3, -0.25) is 4.79 Å². The average Bonchev–Trinajstić information content (AvgIpc) is 3.32. The van der Waals surface area contributed by atoms with Gasteiger partial charge in [-0.25, -0.2) is 19.3 Å². The van der Waals surface area contributed by atoms with Crippen LogP contribution in [-0.2, 0) is 0 Å². The minimum Gasteiger partial charge on any atom is -0.354 e. The van der Waals surface area contributed by atoms with Gasteiger partial charge < -0.3 is 19.9 Å². The Bertz CT molecular complexity index is 1100. The van der Waals surface area contributed by atoms with Gasteiger partial charge in [-0.1, -0.05) is 0 Å². The highest BCUT2D eigenvalue weighted by atomic mass is 19.4. The number of hydrogen-bond acceptors (Lipinski definition) is 6. The van der Waals surface area contributed by atoms with Crippen molar-refractivity contribution >= 4 is 23.1 Å². The van der Waals surface area contributed by atoms with Crippen LogP contribution in [0.25, 0.3) is 5.65 Å². The number of nitrogens with zero attached hydrogens (tertiary/aromatic N) is 5. The molecule has 1 fully saturated rings. The molecule has 8 nitrogen and oxygen atoms in total. The zero-order chi connectivity index (χ0) is 22.2. The molecule has 12 heteroatoms. The van der Waals surface area contributed by atoms with E-state index in [9.17, 15) is 22.4 Å². The van der Waals surface area contributed by atoms with Gasteiger partial charge in [0.15, 0.2) is 11.5 Å². The van der Waals surface area contributed by atoms with Gasteiger partial charge >= 0.3 is 6.18 Å². The number of nitrogens with one attached hydrogen (secondary N) is 2. The zero-order valence-electron chi connectivity index (χ0n) is 16.4. The molecule has 1 aliphatic rings. The van der Waals surface area contributed by atoms with E-state index in [0.29, 0.717) is 31.0 Å². The fourth-order valence-corrected chi connectivity index (χ4v) is 3.44. The molecule has 0 saturated carbocycles. The average molecular weight is 437 g/mol. The summed E-state index contributed by atoms with van der Waals surface area (Å²) < 4.78 is 52.7. The summed E-state index contributed by atoms with van der Waals surface area (Å²) in [5.74, 6) is -0.676. The Kier molecular flexibility index (Phi) is 5.48. The molecule has 1 amide bonds. The van der Waals surface area contributed by atoms with Crippen molar-refractivity contribution in [2.24, 2.45) is 0 Å². The molecule has 164 valence electrons. The predicted molar refractivity (Wildman–Crippen MR) is 105 cm³/mol. The van der Waals surface area contributed by atoms with Crippen molar-refractivity contribution in [3.63, 3.8) is 0 Å². The smallest absolute Gasteiger partial charge is 0.354 e. The number of carbonyl (C=O) groups is 1. The summed E-state index contributed by atoms with van der Waals surface area (Å²) in [7, 11) is 0. The molecule has 4 heterocycles. The van der Waals surface area contributed by atoms with E-state index in [2.05, 4.69) is 25.6 Å². The number of pyridine rings is 1. The monoisotopic (exact) mass is 437 g/mol. The van der Waals surface area contributed by atoms with Crippen LogP contribution in [-0.4, -0.2) is 57.1 Å². The van der Waals surface area contributed by atoms with Gasteiger partial charge in [0.2, 0.25) is 0 Å². The number of imidazole rings is 1. The zero-order valence-corrected chi connectivity index (χ0v) is 16.4. The number of fused-ring (bicyclic) bond motifs is 1. The number of anilines is 2. The Balaban J connectivity index is 1.39. The largest absolute Gasteiger partial charge is 0.401 e. The topological polar surface area (TPSA) is 87.5 Å². The Morgan fingerprint density at radius 3 is 2.77 bits per heavy atom. The lowest BCUT2D eigenvalue weighted by molar-refractivity contribution is -0.125. The van der Waals surface area contributed by atoms with Crippen molar-refractivity contribution in [3.05, 3.63) is 48.1 Å². The van der Waals surface area contributed by atoms with Crippen LogP contribution >= 0.6 is 0 Å². The van der Waals surface area contributed by atoms with Gasteiger partial charge in [-0.2, -0.15) is 13.2 Å². The first kappa shape index (κ1) is 21.0. The Morgan fingerprint density at radius 1 is 1.26 bits per heavy atom. The summed E-state index contributed by atoms with van der Waals surface area (Å²) in [5.41, 5.74) is 1.06. The van der Waals surface area contributed by atoms with Crippen LogP contribution in [0.5, 0.6) is 0 Å². The molecular formula is C19H19F4N7O. The maximum atomic E-state index is 14.2. The first-order valence-electron chi connectivity index (χ1n) is 9.51. The van der Waals surface area contributed by atoms with Crippen molar-refractivity contribution in [1.82, 2.24) is 24.7 Å². The highest BCUT2D eigenvalue weighted by Gasteiger charge is 2.31. The van der Waals surface area contributed by atoms with E-state index in [1.165, 1.54) is 29.1 Å². The van der Waals surface area contributed by atoms with Crippen LogP contribution in [0.3, 0.4) is 0 Å². The lowest BCUT2D eigenvalue weighted by Crippen LogP contribution is -2.38. The number of aryl methyl sites for hydroxylation is 1. The van der Waals surface area contributed by atoms with Gasteiger partial charge in [0.05, 0.1) is 30.3 Å². The molecule has 2 N–H and O–H groups in total. The van der Waals surface area contributed by atoms with Crippen LogP contribution in [0, 0.1) is 12.7 Å². The highest BCUT2D eigenvalue weighted by molar-refractivity contribution is 6.02. The summed E-state index contributed by atoms with van der Waals surface area (Å²) in [6.45, 7) is 1.58. The van der Waals surface area contributed by atoms with Crippen LogP contribution in [0.4, 0.5) is 29.1 Å². The molecule has 0 aromatic carbocycles. The fourth-order valence-electron chi connectivity index (χ4n) is 3.44. The van der Waals surface area contributed by atoms with Gasteiger partial charge in [0.1, 0.15) is 11.5 Å². The maximum Gasteiger partial charge on any atom is 0.401 e. The van der Waals surface area contributed by atoms with Crippen LogP contribution in [0.2, 0.25) is 0 Å². The third-order valence-electron chi connectivity index (χ3n) is 4.86. The lowest BCUT2D eigenvalue weighted by Gasteiger charge is -2.18. The van der Waals surface area contributed by atoms with Gasteiger partial charge in [0, 0.05) is 37.6 Å². The van der Waals surface area contributed by atoms with Gasteiger partial charge in [0.25, 0.3) is 5.91 Å². The van der Waals surface area contributed by atoms with E-state index in [4.69, 9.17) is 0 Å². The molecule has 0 bridgehead atoms. The molecule has 31 heavy (non-hydrogen) atoms. The highest BCUT2D eigenvalue weighted by Crippen LogP contribution is 2.20. The van der Waals surface area contributed by atoms with Crippen molar-refractivity contribution in [2.45, 2.75) is 25.6 Å². The van der Waals surface area contributed by atoms with Gasteiger partial charge in [-0.15, -0.1) is 0 Å². The van der Waals surface area contributed by atoms with E-state index in [1.54, 1.807) is 18.0 Å². The normalized spacial score (nSPS) is 16.8. The van der Waals surface area contributed by atoms with Crippen LogP contribution in [0.15, 0.2) is 30.9 Å². The number of halogens is 4. The minimum atomic E-state index is -4.26. The summed E-state index contributed by atoms with van der Waals surface area (Å²) >= 11 is 0. The summed E-state index contributed by atoms with van der Waals surface area (Å²) in [6, 6.07) is 0.864. The fraction of sp³-hybridized carbons (Fsp3) is 0.368. The molecule has 0 radical (unpaired) electrons. The molecule has 1 saturated heterocycles. The molecular weight excluding hydrogens is 418 g/mol. The predicted octanol–water partition coefficient (Wildman–Crippen LogP) is 2.55. The minimum absolute atomic E-state index is 0.0250. The summed E-state index contributed by atoms with van der Waals surface area (Å²) in [4.78, 5) is 26.6. The first-order valence-corrected chi connectivity index (χ1v) is 9.51. The van der Waals surface area contributed by atoms with E-state index < -0.39 is 24.4 Å². The molecule has 0 unspecified atom stereocenters. The second kappa shape index (κ2) is 8.10. The molecule has 0 spiro atoms. The van der Waals surface area contributed by atoms with Crippen molar-refractivity contribution in [3.8, 4) is 0 Å². The van der Waals surface area contributed by atoms with Crippen LogP contribution < -0.4 is 15.5 Å². The van der Waals surface area contributed by atoms with E-state index in [1.807, 2.05) is 0 Å². The van der Waals surface area contributed by atoms with Crippen LogP contribution in [0.1, 0.15) is 22.6 Å². The number of aromatic nitrogens is 4. The van der Waals surface area contributed by atoms with Crippen molar-refractivity contribution < 1.29 is 22.4 Å². The van der Waals surface area contributed by atoms with Gasteiger partial charge in [-0.05, 0) is 13.3 Å². The first-order chi connectivity index (χ1) is 14.7. The maximum absolute atomic E-state index is 14.2. The number of hydrogen-bond donors (Lipinski definition) is 2. The molecule has 3 aromatic rings. The third kappa shape index (κ3) is 4.90. The third-order valence-corrected chi connectivity index (χ3v) is 4.86. The Morgan fingerprint density at radius 2 is 2.06 bits per heavy atom. The summed E-state index contributed by atoms with van der Waals surface area (Å²) in [5, 5.41) is 5.05. The number of alkyl halides is 3. The van der Waals surface area contributed by atoms with E-state index in [-0.39, 0.29) is 23.1 Å². The van der Waals surface area contributed by atoms with E-state index >= 15 is 0 Å². The van der Waals surface area contributed by atoms with E-state index in [0.717, 1.165) is 0 Å². The second-order valence-electron chi connectivity index (χ2n) is 7.33. The second-order valence-corrected chi connectivity index (χ2v) is 7.33. The number of carbonyl (C=O) groups excluding carboxylic acids is 1. The Labute approximate surface area is 174 Å². The molecule has 0 aliphatic carbocycles. The molecule has 1 atom stereocenters. The van der Waals surface area contributed by atoms with Crippen molar-refractivity contribution in [1.29, 1.82) is 0 Å². The standard InChI is InChI=1S/C19H19F4N7O/c1-11-7-30-9-13(4-14(20)17(30)27-11)28-18(31)15-5-25-16(6-24-15)29-3-2-12(8-29)26-10-19(21,22)23/h4-7,9,12,26H,2-3,8,10H2,1H3,(H,28,31)/t12-/m1/s1. The number of amides is 1. The lowest BCUT2D eigenvalue weighted by atomic mass is 10.2.